The van der Waals surface area contributed by atoms with Crippen LogP contribution >= 0.6 is 0 Å². The molecule has 3 N–H and O–H groups in total. The predicted octanol–water partition coefficient (Wildman–Crippen LogP) is 4.08. The molecule has 0 aliphatic heterocycles. The highest BCUT2D eigenvalue weighted by atomic mass is 16.5. The standard InChI is InChI=1S/C18H18N2O2/c1-11(2)12-3-5-13(6-4-12)16-9-14-7-8-15(18(21)20-22)10-17(14)19-16/h3-11,19,22H,1-2H3,(H,20,21). The van der Waals surface area contributed by atoms with Gasteiger partial charge in [-0.1, -0.05) is 44.2 Å². The molecule has 0 radical (unpaired) electrons. The van der Waals surface area contributed by atoms with Crippen molar-refractivity contribution in [3.05, 3.63) is 59.7 Å². The molecule has 0 aliphatic rings. The van der Waals surface area contributed by atoms with Gasteiger partial charge in [0.05, 0.1) is 0 Å². The number of aromatic nitrogens is 1. The average molecular weight is 294 g/mol. The molecular formula is C18H18N2O2. The van der Waals surface area contributed by atoms with Gasteiger partial charge in [0, 0.05) is 22.2 Å². The minimum atomic E-state index is -0.515. The lowest BCUT2D eigenvalue weighted by atomic mass is 10.0. The zero-order chi connectivity index (χ0) is 15.7. The smallest absolute Gasteiger partial charge is 0.274 e. The summed E-state index contributed by atoms with van der Waals surface area (Å²) < 4.78 is 0. The van der Waals surface area contributed by atoms with Crippen molar-refractivity contribution in [2.45, 2.75) is 19.8 Å². The molecule has 3 aromatic rings. The summed E-state index contributed by atoms with van der Waals surface area (Å²) in [6, 6.07) is 15.8. The van der Waals surface area contributed by atoms with Crippen molar-refractivity contribution in [3.63, 3.8) is 0 Å². The van der Waals surface area contributed by atoms with Crippen molar-refractivity contribution in [2.24, 2.45) is 0 Å². The number of H-pyrrole nitrogens is 1. The summed E-state index contributed by atoms with van der Waals surface area (Å²) >= 11 is 0. The summed E-state index contributed by atoms with van der Waals surface area (Å²) in [5, 5.41) is 9.73. The van der Waals surface area contributed by atoms with E-state index in [1.54, 1.807) is 17.6 Å². The summed E-state index contributed by atoms with van der Waals surface area (Å²) in [5.74, 6) is -0.00403. The maximum atomic E-state index is 11.5. The van der Waals surface area contributed by atoms with Gasteiger partial charge in [-0.05, 0) is 35.2 Å². The molecule has 0 fully saturated rings. The quantitative estimate of drug-likeness (QED) is 0.503. The number of carbonyl (C=O) groups excluding carboxylic acids is 1. The predicted molar refractivity (Wildman–Crippen MR) is 87.1 cm³/mol. The van der Waals surface area contributed by atoms with E-state index >= 15 is 0 Å². The Morgan fingerprint density at radius 1 is 1.09 bits per heavy atom. The highest BCUT2D eigenvalue weighted by Crippen LogP contribution is 2.26. The lowest BCUT2D eigenvalue weighted by Gasteiger charge is -2.05. The number of hydrogen-bond donors (Lipinski definition) is 3. The zero-order valence-electron chi connectivity index (χ0n) is 12.6. The molecule has 0 aliphatic carbocycles. The maximum absolute atomic E-state index is 11.5. The van der Waals surface area contributed by atoms with Crippen LogP contribution in [-0.4, -0.2) is 16.1 Å². The molecule has 4 nitrogen and oxygen atoms in total. The Balaban J connectivity index is 1.99. The molecule has 2 aromatic carbocycles. The van der Waals surface area contributed by atoms with Crippen LogP contribution in [0.4, 0.5) is 0 Å². The summed E-state index contributed by atoms with van der Waals surface area (Å²) in [6.07, 6.45) is 0. The molecule has 3 rings (SSSR count). The van der Waals surface area contributed by atoms with Crippen molar-refractivity contribution < 1.29 is 10.0 Å². The largest absolute Gasteiger partial charge is 0.355 e. The first-order valence-corrected chi connectivity index (χ1v) is 7.26. The van der Waals surface area contributed by atoms with Crippen molar-refractivity contribution in [1.82, 2.24) is 10.5 Å². The number of rotatable bonds is 3. The summed E-state index contributed by atoms with van der Waals surface area (Å²) in [6.45, 7) is 4.34. The van der Waals surface area contributed by atoms with Crippen molar-refractivity contribution in [3.8, 4) is 11.3 Å². The number of benzene rings is 2. The monoisotopic (exact) mass is 294 g/mol. The van der Waals surface area contributed by atoms with E-state index in [0.717, 1.165) is 22.2 Å². The van der Waals surface area contributed by atoms with Crippen molar-refractivity contribution in [1.29, 1.82) is 0 Å². The van der Waals surface area contributed by atoms with E-state index in [2.05, 4.69) is 49.2 Å². The number of hydroxylamine groups is 1. The molecule has 0 saturated heterocycles. The first-order valence-electron chi connectivity index (χ1n) is 7.26. The van der Waals surface area contributed by atoms with Crippen LogP contribution in [0.25, 0.3) is 22.2 Å². The molecule has 0 atom stereocenters. The van der Waals surface area contributed by atoms with E-state index in [1.165, 1.54) is 5.56 Å². The van der Waals surface area contributed by atoms with E-state index in [4.69, 9.17) is 5.21 Å². The van der Waals surface area contributed by atoms with Gasteiger partial charge in [-0.25, -0.2) is 5.48 Å². The fourth-order valence-corrected chi connectivity index (χ4v) is 2.54. The van der Waals surface area contributed by atoms with Crippen molar-refractivity contribution >= 4 is 16.8 Å². The highest BCUT2D eigenvalue weighted by molar-refractivity contribution is 5.98. The summed E-state index contributed by atoms with van der Waals surface area (Å²) in [7, 11) is 0. The second kappa shape index (κ2) is 5.66. The minimum absolute atomic E-state index is 0.415. The number of fused-ring (bicyclic) bond motifs is 1. The van der Waals surface area contributed by atoms with Crippen LogP contribution in [0.3, 0.4) is 0 Å². The molecule has 0 saturated carbocycles. The second-order valence-electron chi connectivity index (χ2n) is 5.70. The maximum Gasteiger partial charge on any atom is 0.274 e. The first-order chi connectivity index (χ1) is 10.6. The number of aromatic amines is 1. The third-order valence-electron chi connectivity index (χ3n) is 3.87. The van der Waals surface area contributed by atoms with Gasteiger partial charge < -0.3 is 4.98 Å². The Morgan fingerprint density at radius 2 is 1.82 bits per heavy atom. The number of amides is 1. The van der Waals surface area contributed by atoms with E-state index < -0.39 is 5.91 Å². The minimum Gasteiger partial charge on any atom is -0.355 e. The molecule has 1 amide bonds. The number of hydrogen-bond acceptors (Lipinski definition) is 2. The van der Waals surface area contributed by atoms with Gasteiger partial charge >= 0.3 is 0 Å². The van der Waals surface area contributed by atoms with Crippen molar-refractivity contribution in [2.75, 3.05) is 0 Å². The fourth-order valence-electron chi connectivity index (χ4n) is 2.54. The van der Waals surface area contributed by atoms with Crippen LogP contribution in [0.1, 0.15) is 35.7 Å². The van der Waals surface area contributed by atoms with Gasteiger partial charge in [0.2, 0.25) is 0 Å². The summed E-state index contributed by atoms with van der Waals surface area (Å²) in [4.78, 5) is 14.8. The average Bonchev–Trinajstić information content (AvgIpc) is 2.97. The van der Waals surface area contributed by atoms with Gasteiger partial charge in [0.15, 0.2) is 0 Å². The van der Waals surface area contributed by atoms with E-state index in [1.807, 2.05) is 6.07 Å². The Hall–Kier alpha value is -2.59. The van der Waals surface area contributed by atoms with E-state index in [-0.39, 0.29) is 0 Å². The lowest BCUT2D eigenvalue weighted by Crippen LogP contribution is -2.18. The Labute approximate surface area is 128 Å². The van der Waals surface area contributed by atoms with Gasteiger partial charge in [-0.3, -0.25) is 10.0 Å². The van der Waals surface area contributed by atoms with E-state index in [9.17, 15) is 4.79 Å². The van der Waals surface area contributed by atoms with Gasteiger partial charge in [-0.15, -0.1) is 0 Å². The van der Waals surface area contributed by atoms with Crippen LogP contribution in [0.5, 0.6) is 0 Å². The molecular weight excluding hydrogens is 276 g/mol. The van der Waals surface area contributed by atoms with Crippen LogP contribution in [-0.2, 0) is 0 Å². The normalized spacial score (nSPS) is 11.1. The third kappa shape index (κ3) is 2.61. The third-order valence-corrected chi connectivity index (χ3v) is 3.87. The van der Waals surface area contributed by atoms with Gasteiger partial charge in [0.25, 0.3) is 5.91 Å². The SMILES string of the molecule is CC(C)c1ccc(-c2cc3ccc(C(=O)NO)cc3[nH]2)cc1. The van der Waals surface area contributed by atoms with Crippen LogP contribution in [0, 0.1) is 0 Å². The molecule has 1 aromatic heterocycles. The van der Waals surface area contributed by atoms with Crippen LogP contribution < -0.4 is 5.48 Å². The topological polar surface area (TPSA) is 65.1 Å². The fraction of sp³-hybridized carbons (Fsp3) is 0.167. The van der Waals surface area contributed by atoms with Gasteiger partial charge in [-0.2, -0.15) is 0 Å². The lowest BCUT2D eigenvalue weighted by molar-refractivity contribution is 0.0706. The molecule has 4 heteroatoms. The Bertz CT molecular complexity index is 817. The molecule has 1 heterocycles. The molecule has 22 heavy (non-hydrogen) atoms. The first kappa shape index (κ1) is 14.4. The molecule has 0 unspecified atom stereocenters. The van der Waals surface area contributed by atoms with Gasteiger partial charge in [0.1, 0.15) is 0 Å². The van der Waals surface area contributed by atoms with E-state index in [0.29, 0.717) is 11.5 Å². The molecule has 0 bridgehead atoms. The molecule has 0 spiro atoms. The number of nitrogens with one attached hydrogen (secondary N) is 2. The highest BCUT2D eigenvalue weighted by Gasteiger charge is 2.08. The van der Waals surface area contributed by atoms with Crippen LogP contribution in [0.15, 0.2) is 48.5 Å². The Kier molecular flexibility index (Phi) is 3.69. The zero-order valence-corrected chi connectivity index (χ0v) is 12.6. The summed E-state index contributed by atoms with van der Waals surface area (Å²) in [5.41, 5.74) is 6.35. The number of carbonyl (C=O) groups is 1. The molecule has 112 valence electrons. The van der Waals surface area contributed by atoms with Crippen LogP contribution in [0.2, 0.25) is 0 Å². The second-order valence-corrected chi connectivity index (χ2v) is 5.70. The Morgan fingerprint density at radius 3 is 2.45 bits per heavy atom.